The first-order valence-electron chi connectivity index (χ1n) is 6.74. The fourth-order valence-corrected chi connectivity index (χ4v) is 2.84. The molecule has 1 amide bonds. The highest BCUT2D eigenvalue weighted by molar-refractivity contribution is 6.07. The number of fused-ring (bicyclic) bond motifs is 1. The van der Waals surface area contributed by atoms with Crippen LogP contribution in [-0.4, -0.2) is 11.7 Å². The predicted molar refractivity (Wildman–Crippen MR) is 74.3 cm³/mol. The van der Waals surface area contributed by atoms with Crippen LogP contribution in [0.5, 0.6) is 0 Å². The van der Waals surface area contributed by atoms with Gasteiger partial charge in [0.05, 0.1) is 5.41 Å². The lowest BCUT2D eigenvalue weighted by atomic mass is 9.84. The molecule has 2 aliphatic rings. The van der Waals surface area contributed by atoms with Crippen LogP contribution in [0.1, 0.15) is 50.0 Å². The van der Waals surface area contributed by atoms with Crippen LogP contribution in [0.2, 0.25) is 0 Å². The lowest BCUT2D eigenvalue weighted by Gasteiger charge is -2.15. The molecule has 1 fully saturated rings. The van der Waals surface area contributed by atoms with Gasteiger partial charge in [0.2, 0.25) is 5.91 Å². The Morgan fingerprint density at radius 3 is 2.47 bits per heavy atom. The van der Waals surface area contributed by atoms with E-state index in [1.165, 1.54) is 0 Å². The quantitative estimate of drug-likeness (QED) is 0.827. The summed E-state index contributed by atoms with van der Waals surface area (Å²) in [4.78, 5) is 24.3. The van der Waals surface area contributed by atoms with Crippen molar-refractivity contribution in [1.82, 2.24) is 0 Å². The number of amides is 1. The molecule has 1 aliphatic heterocycles. The van der Waals surface area contributed by atoms with E-state index < -0.39 is 5.41 Å². The second-order valence-corrected chi connectivity index (χ2v) is 6.95. The first-order valence-corrected chi connectivity index (χ1v) is 6.74. The first-order chi connectivity index (χ1) is 8.73. The number of nitrogens with one attached hydrogen (secondary N) is 1. The Labute approximate surface area is 113 Å². The number of ketones is 1. The van der Waals surface area contributed by atoms with Gasteiger partial charge in [0.25, 0.3) is 0 Å². The molecule has 3 rings (SSSR count). The van der Waals surface area contributed by atoms with Crippen molar-refractivity contribution < 1.29 is 9.59 Å². The Balaban J connectivity index is 1.98. The average molecular weight is 257 g/mol. The second-order valence-electron chi connectivity index (χ2n) is 6.95. The zero-order valence-corrected chi connectivity index (χ0v) is 11.8. The molecule has 0 aromatic heterocycles. The second kappa shape index (κ2) is 3.47. The molecule has 1 heterocycles. The smallest absolute Gasteiger partial charge is 0.234 e. The number of carbonyl (C=O) groups excluding carboxylic acids is 2. The average Bonchev–Trinajstić information content (AvgIpc) is 2.90. The van der Waals surface area contributed by atoms with Crippen molar-refractivity contribution in [3.05, 3.63) is 29.3 Å². The molecule has 1 aromatic rings. The Morgan fingerprint density at radius 2 is 1.89 bits per heavy atom. The standard InChI is InChI=1S/C16H19NO2/c1-15(2)8-11(15)13(18)9-5-6-12-10(7-9)16(3,4)14(19)17-12/h5-7,11H,8H2,1-4H3,(H,17,19). The minimum Gasteiger partial charge on any atom is -0.325 e. The van der Waals surface area contributed by atoms with Crippen LogP contribution in [0.25, 0.3) is 0 Å². The molecule has 0 radical (unpaired) electrons. The van der Waals surface area contributed by atoms with E-state index in [-0.39, 0.29) is 23.0 Å². The van der Waals surface area contributed by atoms with E-state index in [9.17, 15) is 9.59 Å². The largest absolute Gasteiger partial charge is 0.325 e. The fraction of sp³-hybridized carbons (Fsp3) is 0.500. The Bertz CT molecular complexity index is 599. The summed E-state index contributed by atoms with van der Waals surface area (Å²) in [7, 11) is 0. The van der Waals surface area contributed by atoms with Gasteiger partial charge in [0.1, 0.15) is 0 Å². The summed E-state index contributed by atoms with van der Waals surface area (Å²) >= 11 is 0. The zero-order chi connectivity index (χ0) is 14.0. The molecule has 100 valence electrons. The van der Waals surface area contributed by atoms with E-state index in [1.54, 1.807) is 0 Å². The van der Waals surface area contributed by atoms with Gasteiger partial charge >= 0.3 is 0 Å². The summed E-state index contributed by atoms with van der Waals surface area (Å²) < 4.78 is 0. The van der Waals surface area contributed by atoms with Gasteiger partial charge in [-0.25, -0.2) is 0 Å². The third-order valence-electron chi connectivity index (χ3n) is 4.62. The number of hydrogen-bond donors (Lipinski definition) is 1. The van der Waals surface area contributed by atoms with Gasteiger partial charge in [-0.05, 0) is 49.4 Å². The minimum absolute atomic E-state index is 0.00106. The summed E-state index contributed by atoms with van der Waals surface area (Å²) in [5.74, 6) is 0.348. The van der Waals surface area contributed by atoms with E-state index in [2.05, 4.69) is 19.2 Å². The molecule has 3 nitrogen and oxygen atoms in total. The van der Waals surface area contributed by atoms with Gasteiger partial charge in [-0.2, -0.15) is 0 Å². The topological polar surface area (TPSA) is 46.2 Å². The summed E-state index contributed by atoms with van der Waals surface area (Å²) in [6.45, 7) is 8.03. The monoisotopic (exact) mass is 257 g/mol. The van der Waals surface area contributed by atoms with Gasteiger partial charge in [-0.3, -0.25) is 9.59 Å². The van der Waals surface area contributed by atoms with E-state index in [1.807, 2.05) is 32.0 Å². The normalized spacial score (nSPS) is 25.7. The van der Waals surface area contributed by atoms with Gasteiger partial charge in [0.15, 0.2) is 5.78 Å². The van der Waals surface area contributed by atoms with Crippen molar-refractivity contribution in [3.8, 4) is 0 Å². The number of Topliss-reactive ketones (excluding diaryl/α,β-unsaturated/α-hetero) is 1. The molecule has 1 N–H and O–H groups in total. The van der Waals surface area contributed by atoms with Crippen LogP contribution in [0.15, 0.2) is 18.2 Å². The molecule has 0 bridgehead atoms. The van der Waals surface area contributed by atoms with Crippen molar-refractivity contribution in [2.75, 3.05) is 5.32 Å². The molecule has 0 saturated heterocycles. The number of anilines is 1. The molecular weight excluding hydrogens is 238 g/mol. The number of rotatable bonds is 2. The van der Waals surface area contributed by atoms with Crippen molar-refractivity contribution in [2.45, 2.75) is 39.5 Å². The Hall–Kier alpha value is -1.64. The highest BCUT2D eigenvalue weighted by atomic mass is 16.2. The van der Waals surface area contributed by atoms with Crippen molar-refractivity contribution in [3.63, 3.8) is 0 Å². The lowest BCUT2D eigenvalue weighted by molar-refractivity contribution is -0.119. The SMILES string of the molecule is CC1(C)C(=O)Nc2ccc(C(=O)C3CC3(C)C)cc21. The molecule has 19 heavy (non-hydrogen) atoms. The van der Waals surface area contributed by atoms with Crippen molar-refractivity contribution in [1.29, 1.82) is 0 Å². The molecular formula is C16H19NO2. The molecule has 1 saturated carbocycles. The Morgan fingerprint density at radius 1 is 1.26 bits per heavy atom. The molecule has 1 unspecified atom stereocenters. The molecule has 1 aliphatic carbocycles. The van der Waals surface area contributed by atoms with Gasteiger partial charge in [-0.1, -0.05) is 13.8 Å². The third-order valence-corrected chi connectivity index (χ3v) is 4.62. The van der Waals surface area contributed by atoms with Crippen LogP contribution in [-0.2, 0) is 10.2 Å². The van der Waals surface area contributed by atoms with E-state index in [0.29, 0.717) is 0 Å². The molecule has 0 spiro atoms. The van der Waals surface area contributed by atoms with E-state index >= 15 is 0 Å². The summed E-state index contributed by atoms with van der Waals surface area (Å²) in [5, 5.41) is 2.86. The Kier molecular flexibility index (Phi) is 2.26. The highest BCUT2D eigenvalue weighted by Crippen LogP contribution is 2.53. The van der Waals surface area contributed by atoms with Crippen LogP contribution in [0.3, 0.4) is 0 Å². The van der Waals surface area contributed by atoms with Gasteiger partial charge in [0, 0.05) is 17.2 Å². The highest BCUT2D eigenvalue weighted by Gasteiger charge is 2.50. The minimum atomic E-state index is -0.551. The van der Waals surface area contributed by atoms with Crippen LogP contribution in [0.4, 0.5) is 5.69 Å². The lowest BCUT2D eigenvalue weighted by Crippen LogP contribution is -2.27. The number of carbonyl (C=O) groups is 2. The third kappa shape index (κ3) is 1.71. The van der Waals surface area contributed by atoms with E-state index in [0.717, 1.165) is 23.2 Å². The predicted octanol–water partition coefficient (Wildman–Crippen LogP) is 3.15. The van der Waals surface area contributed by atoms with Crippen LogP contribution >= 0.6 is 0 Å². The molecule has 1 atom stereocenters. The van der Waals surface area contributed by atoms with Gasteiger partial charge < -0.3 is 5.32 Å². The molecule has 3 heteroatoms. The fourth-order valence-electron chi connectivity index (χ4n) is 2.84. The van der Waals surface area contributed by atoms with Crippen molar-refractivity contribution >= 4 is 17.4 Å². The van der Waals surface area contributed by atoms with Gasteiger partial charge in [-0.15, -0.1) is 0 Å². The van der Waals surface area contributed by atoms with Crippen LogP contribution in [0, 0.1) is 11.3 Å². The number of benzene rings is 1. The summed E-state index contributed by atoms with van der Waals surface area (Å²) in [5.41, 5.74) is 2.09. The summed E-state index contributed by atoms with van der Waals surface area (Å²) in [6.07, 6.45) is 0.962. The number of hydrogen-bond acceptors (Lipinski definition) is 2. The van der Waals surface area contributed by atoms with Crippen LogP contribution < -0.4 is 5.32 Å². The molecule has 1 aromatic carbocycles. The zero-order valence-electron chi connectivity index (χ0n) is 11.8. The maximum Gasteiger partial charge on any atom is 0.234 e. The van der Waals surface area contributed by atoms with Crippen molar-refractivity contribution in [2.24, 2.45) is 11.3 Å². The van der Waals surface area contributed by atoms with E-state index in [4.69, 9.17) is 0 Å². The summed E-state index contributed by atoms with van der Waals surface area (Å²) in [6, 6.07) is 5.58. The maximum atomic E-state index is 12.4. The first kappa shape index (κ1) is 12.4. The maximum absolute atomic E-state index is 12.4.